The van der Waals surface area contributed by atoms with Gasteiger partial charge in [-0.15, -0.1) is 0 Å². The summed E-state index contributed by atoms with van der Waals surface area (Å²) in [6, 6.07) is 20.8. The first-order valence-corrected chi connectivity index (χ1v) is 14.8. The number of rotatable bonds is 5. The van der Waals surface area contributed by atoms with Crippen LogP contribution in [0.5, 0.6) is 0 Å². The molecule has 0 unspecified atom stereocenters. The Kier molecular flexibility index (Phi) is 7.57. The van der Waals surface area contributed by atoms with Crippen LogP contribution in [0.2, 0.25) is 0 Å². The van der Waals surface area contributed by atoms with Crippen molar-refractivity contribution in [2.75, 3.05) is 57.8 Å². The summed E-state index contributed by atoms with van der Waals surface area (Å²) in [6.07, 6.45) is 1.75. The number of likely N-dealkylation sites (N-methyl/N-ethyl adjacent to an activating group) is 1. The lowest BCUT2D eigenvalue weighted by Crippen LogP contribution is -2.49. The largest absolute Gasteiger partial charge is 0.349 e. The first-order valence-electron chi connectivity index (χ1n) is 13.6. The highest BCUT2D eigenvalue weighted by atomic mass is 32.2. The van der Waals surface area contributed by atoms with E-state index in [4.69, 9.17) is 4.98 Å². The second-order valence-electron chi connectivity index (χ2n) is 10.4. The Hall–Kier alpha value is -3.34. The molecule has 2 fully saturated rings. The molecular weight excluding hydrogens is 522 g/mol. The number of amides is 1. The van der Waals surface area contributed by atoms with Gasteiger partial charge in [-0.05, 0) is 30.8 Å². The van der Waals surface area contributed by atoms with E-state index in [1.54, 1.807) is 23.2 Å². The van der Waals surface area contributed by atoms with Crippen LogP contribution in [-0.2, 0) is 5.91 Å². The lowest BCUT2D eigenvalue weighted by Gasteiger charge is -2.37. The summed E-state index contributed by atoms with van der Waals surface area (Å²) in [5.74, 6) is -0.204. The zero-order valence-electron chi connectivity index (χ0n) is 22.5. The summed E-state index contributed by atoms with van der Waals surface area (Å²) in [6.45, 7) is 4.46. The van der Waals surface area contributed by atoms with Crippen LogP contribution >= 0.6 is 11.8 Å². The van der Waals surface area contributed by atoms with Crippen LogP contribution in [0.3, 0.4) is 0 Å². The summed E-state index contributed by atoms with van der Waals surface area (Å²) >= 11 is 1.82. The first kappa shape index (κ1) is 26.9. The Labute approximate surface area is 238 Å². The Morgan fingerprint density at radius 1 is 0.875 bits per heavy atom. The number of aliphatic hydroxyl groups is 2. The van der Waals surface area contributed by atoms with Gasteiger partial charge < -0.3 is 20.0 Å². The number of benzene rings is 3. The smallest absolute Gasteiger partial charge is 0.253 e. The third-order valence-electron chi connectivity index (χ3n) is 7.80. The molecule has 2 aliphatic rings. The molecule has 2 aliphatic heterocycles. The van der Waals surface area contributed by atoms with Crippen LogP contribution < -0.4 is 0 Å². The zero-order chi connectivity index (χ0) is 27.7. The molecule has 2 saturated heterocycles. The summed E-state index contributed by atoms with van der Waals surface area (Å²) in [7, 11) is 2.07. The van der Waals surface area contributed by atoms with E-state index in [-0.39, 0.29) is 5.91 Å². The maximum absolute atomic E-state index is 13.2. The Bertz CT molecular complexity index is 1510. The van der Waals surface area contributed by atoms with Crippen molar-refractivity contribution in [2.45, 2.75) is 5.91 Å². The topological polar surface area (TPSA) is 93.0 Å². The van der Waals surface area contributed by atoms with Crippen LogP contribution in [0.4, 0.5) is 0 Å². The highest BCUT2D eigenvalue weighted by molar-refractivity contribution is 7.99. The van der Waals surface area contributed by atoms with Gasteiger partial charge in [-0.2, -0.15) is 11.8 Å². The second-order valence-corrected chi connectivity index (χ2v) is 11.6. The molecule has 0 atom stereocenters. The Morgan fingerprint density at radius 2 is 1.60 bits per heavy atom. The average Bonchev–Trinajstić information content (AvgIpc) is 3.01. The van der Waals surface area contributed by atoms with Crippen LogP contribution in [0.15, 0.2) is 72.9 Å². The molecule has 0 spiro atoms. The van der Waals surface area contributed by atoms with Gasteiger partial charge in [-0.1, -0.05) is 48.5 Å². The average molecular weight is 556 g/mol. The van der Waals surface area contributed by atoms with Crippen molar-refractivity contribution >= 4 is 28.7 Å². The number of thioether (sulfide) groups is 1. The minimum Gasteiger partial charge on any atom is -0.349 e. The number of piperazine rings is 1. The van der Waals surface area contributed by atoms with E-state index in [0.717, 1.165) is 65.4 Å². The maximum Gasteiger partial charge on any atom is 0.253 e. The lowest BCUT2D eigenvalue weighted by molar-refractivity contribution is -0.273. The molecule has 3 aromatic carbocycles. The molecule has 2 N–H and O–H groups in total. The lowest BCUT2D eigenvalue weighted by atomic mass is 10.0. The predicted molar refractivity (Wildman–Crippen MR) is 159 cm³/mol. The van der Waals surface area contributed by atoms with Gasteiger partial charge in [-0.25, -0.2) is 9.88 Å². The molecule has 1 amide bonds. The standard InChI is InChI=1S/C31H33N5O3S/c1-34-12-14-35(15-13-34)30(37)24-5-2-4-23(20-24)28-21-32-27-7-3-6-26(29(27)33-28)22-8-10-25(11-9-22)31(38,39)36-16-18-40-19-17-36/h2-11,20-21,38-39H,12-19H2,1H3. The van der Waals surface area contributed by atoms with Crippen LogP contribution in [-0.4, -0.2) is 98.6 Å². The summed E-state index contributed by atoms with van der Waals surface area (Å²) < 4.78 is 0. The number of hydrogen-bond acceptors (Lipinski definition) is 8. The number of carbonyl (C=O) groups is 1. The van der Waals surface area contributed by atoms with Crippen LogP contribution in [0.1, 0.15) is 15.9 Å². The van der Waals surface area contributed by atoms with E-state index in [2.05, 4.69) is 16.9 Å². The van der Waals surface area contributed by atoms with E-state index in [9.17, 15) is 15.0 Å². The normalized spacial score (nSPS) is 17.3. The van der Waals surface area contributed by atoms with Crippen molar-refractivity contribution in [3.05, 3.63) is 84.1 Å². The molecule has 4 aromatic rings. The van der Waals surface area contributed by atoms with Gasteiger partial charge in [0.05, 0.1) is 22.9 Å². The van der Waals surface area contributed by atoms with E-state index >= 15 is 0 Å². The van der Waals surface area contributed by atoms with E-state index in [1.807, 2.05) is 71.3 Å². The zero-order valence-corrected chi connectivity index (χ0v) is 23.3. The molecule has 1 aromatic heterocycles. The third-order valence-corrected chi connectivity index (χ3v) is 8.75. The molecule has 0 bridgehead atoms. The fourth-order valence-corrected chi connectivity index (χ4v) is 6.24. The molecular formula is C31H33N5O3S. The second kappa shape index (κ2) is 11.3. The molecule has 0 aliphatic carbocycles. The van der Waals surface area contributed by atoms with Gasteiger partial charge in [0.25, 0.3) is 11.8 Å². The Morgan fingerprint density at radius 3 is 2.35 bits per heavy atom. The summed E-state index contributed by atoms with van der Waals surface area (Å²) in [5, 5.41) is 21.8. The first-order chi connectivity index (χ1) is 19.4. The number of carbonyl (C=O) groups excluding carboxylic acids is 1. The van der Waals surface area contributed by atoms with Crippen molar-refractivity contribution in [2.24, 2.45) is 0 Å². The van der Waals surface area contributed by atoms with E-state index in [1.165, 1.54) is 0 Å². The molecule has 6 rings (SSSR count). The van der Waals surface area contributed by atoms with E-state index < -0.39 is 5.91 Å². The third kappa shape index (κ3) is 5.35. The van der Waals surface area contributed by atoms with Crippen LogP contribution in [0, 0.1) is 0 Å². The fraction of sp³-hybridized carbons (Fsp3) is 0.323. The highest BCUT2D eigenvalue weighted by Crippen LogP contribution is 2.32. The molecule has 40 heavy (non-hydrogen) atoms. The number of fused-ring (bicyclic) bond motifs is 1. The van der Waals surface area contributed by atoms with Crippen molar-refractivity contribution in [1.29, 1.82) is 0 Å². The van der Waals surface area contributed by atoms with Crippen molar-refractivity contribution in [1.82, 2.24) is 24.7 Å². The predicted octanol–water partition coefficient (Wildman–Crippen LogP) is 3.50. The van der Waals surface area contributed by atoms with Crippen molar-refractivity contribution in [3.63, 3.8) is 0 Å². The Balaban J connectivity index is 1.30. The van der Waals surface area contributed by atoms with Gasteiger partial charge >= 0.3 is 0 Å². The fourth-order valence-electron chi connectivity index (χ4n) is 5.34. The minimum atomic E-state index is -2.00. The van der Waals surface area contributed by atoms with Crippen molar-refractivity contribution in [3.8, 4) is 22.4 Å². The van der Waals surface area contributed by atoms with Gasteiger partial charge in [0.2, 0.25) is 0 Å². The quantitative estimate of drug-likeness (QED) is 0.362. The summed E-state index contributed by atoms with van der Waals surface area (Å²) in [5.41, 5.74) is 5.94. The number of para-hydroxylation sites is 1. The monoisotopic (exact) mass is 555 g/mol. The van der Waals surface area contributed by atoms with Gasteiger partial charge in [-0.3, -0.25) is 9.78 Å². The summed E-state index contributed by atoms with van der Waals surface area (Å²) in [4.78, 5) is 28.7. The number of hydrogen-bond donors (Lipinski definition) is 2. The molecule has 0 saturated carbocycles. The molecule has 8 nitrogen and oxygen atoms in total. The molecule has 3 heterocycles. The highest BCUT2D eigenvalue weighted by Gasteiger charge is 2.35. The number of nitrogens with zero attached hydrogens (tertiary/aromatic N) is 5. The number of aromatic nitrogens is 2. The maximum atomic E-state index is 13.2. The van der Waals surface area contributed by atoms with E-state index in [0.29, 0.717) is 29.9 Å². The SMILES string of the molecule is CN1CCN(C(=O)c2cccc(-c3cnc4cccc(-c5ccc(C(O)(O)N6CCSCC6)cc5)c4n3)c2)CC1. The molecule has 9 heteroatoms. The van der Waals surface area contributed by atoms with Crippen LogP contribution in [0.25, 0.3) is 33.4 Å². The molecule has 206 valence electrons. The molecule has 0 radical (unpaired) electrons. The van der Waals surface area contributed by atoms with Gasteiger partial charge in [0, 0.05) is 73.0 Å². The van der Waals surface area contributed by atoms with Crippen molar-refractivity contribution < 1.29 is 15.0 Å². The van der Waals surface area contributed by atoms with Gasteiger partial charge in [0.15, 0.2) is 0 Å². The van der Waals surface area contributed by atoms with Gasteiger partial charge in [0.1, 0.15) is 0 Å². The minimum absolute atomic E-state index is 0.0385.